The summed E-state index contributed by atoms with van der Waals surface area (Å²) in [7, 11) is 1.38. The van der Waals surface area contributed by atoms with Crippen LogP contribution in [0.2, 0.25) is 0 Å². The van der Waals surface area contributed by atoms with Crippen molar-refractivity contribution in [1.29, 1.82) is 0 Å². The second kappa shape index (κ2) is 6.77. The summed E-state index contributed by atoms with van der Waals surface area (Å²) >= 11 is 0. The Hall–Kier alpha value is -1.64. The number of rotatable bonds is 5. The van der Waals surface area contributed by atoms with Crippen molar-refractivity contribution in [2.45, 2.75) is 19.8 Å². The number of carbonyl (C=O) groups is 1. The minimum absolute atomic E-state index is 0.373. The number of ether oxygens (including phenoxy) is 1. The van der Waals surface area contributed by atoms with Crippen molar-refractivity contribution in [3.63, 3.8) is 0 Å². The van der Waals surface area contributed by atoms with Crippen molar-refractivity contribution in [2.75, 3.05) is 13.7 Å². The zero-order chi connectivity index (χ0) is 11.8. The first-order valence-corrected chi connectivity index (χ1v) is 5.47. The van der Waals surface area contributed by atoms with Crippen LogP contribution in [-0.2, 0) is 9.53 Å². The summed E-state index contributed by atoms with van der Waals surface area (Å²) < 4.78 is 4.73. The van der Waals surface area contributed by atoms with Crippen molar-refractivity contribution in [3.05, 3.63) is 35.9 Å². The van der Waals surface area contributed by atoms with Gasteiger partial charge in [0.25, 0.3) is 0 Å². The van der Waals surface area contributed by atoms with Gasteiger partial charge in [-0.25, -0.2) is 4.79 Å². The van der Waals surface area contributed by atoms with Crippen molar-refractivity contribution in [2.24, 2.45) is 4.99 Å². The molecule has 3 nitrogen and oxygen atoms in total. The summed E-state index contributed by atoms with van der Waals surface area (Å²) in [5, 5.41) is 0. The molecule has 0 aliphatic rings. The lowest BCUT2D eigenvalue weighted by Crippen LogP contribution is -2.17. The monoisotopic (exact) mass is 219 g/mol. The van der Waals surface area contributed by atoms with E-state index >= 15 is 0 Å². The second-order valence-corrected chi connectivity index (χ2v) is 3.44. The Morgan fingerprint density at radius 1 is 1.31 bits per heavy atom. The Morgan fingerprint density at radius 2 is 2.00 bits per heavy atom. The van der Waals surface area contributed by atoms with Gasteiger partial charge < -0.3 is 4.74 Å². The highest BCUT2D eigenvalue weighted by Crippen LogP contribution is 2.04. The van der Waals surface area contributed by atoms with E-state index < -0.39 is 0 Å². The normalized spacial score (nSPS) is 11.2. The van der Waals surface area contributed by atoms with Gasteiger partial charge in [-0.3, -0.25) is 4.99 Å². The van der Waals surface area contributed by atoms with Crippen molar-refractivity contribution in [1.82, 2.24) is 0 Å². The molecule has 0 atom stereocenters. The van der Waals surface area contributed by atoms with E-state index in [-0.39, 0.29) is 5.97 Å². The Bertz CT molecular complexity index is 357. The van der Waals surface area contributed by atoms with Crippen LogP contribution in [0.25, 0.3) is 0 Å². The molecule has 86 valence electrons. The van der Waals surface area contributed by atoms with Crippen molar-refractivity contribution >= 4 is 11.7 Å². The molecule has 0 aliphatic heterocycles. The highest BCUT2D eigenvalue weighted by Gasteiger charge is 2.13. The molecule has 16 heavy (non-hydrogen) atoms. The van der Waals surface area contributed by atoms with Gasteiger partial charge in [-0.15, -0.1) is 0 Å². The molecule has 0 aromatic heterocycles. The van der Waals surface area contributed by atoms with Gasteiger partial charge >= 0.3 is 5.97 Å². The average molecular weight is 219 g/mol. The van der Waals surface area contributed by atoms with Crippen LogP contribution in [0.4, 0.5) is 0 Å². The molecule has 0 saturated carbocycles. The van der Waals surface area contributed by atoms with Crippen LogP contribution in [-0.4, -0.2) is 25.3 Å². The summed E-state index contributed by atoms with van der Waals surface area (Å²) in [5.41, 5.74) is 1.22. The predicted molar refractivity (Wildman–Crippen MR) is 64.8 cm³/mol. The van der Waals surface area contributed by atoms with Crippen molar-refractivity contribution in [3.8, 4) is 0 Å². The first-order chi connectivity index (χ1) is 7.79. The van der Waals surface area contributed by atoms with E-state index in [1.807, 2.05) is 30.3 Å². The van der Waals surface area contributed by atoms with E-state index in [9.17, 15) is 4.79 Å². The number of hydrogen-bond acceptors (Lipinski definition) is 3. The van der Waals surface area contributed by atoms with Crippen molar-refractivity contribution < 1.29 is 9.53 Å². The lowest BCUT2D eigenvalue weighted by atomic mass is 10.1. The molecule has 1 rings (SSSR count). The lowest BCUT2D eigenvalue weighted by molar-refractivity contribution is -0.132. The minimum Gasteiger partial charge on any atom is -0.464 e. The van der Waals surface area contributed by atoms with Gasteiger partial charge in [0.1, 0.15) is 5.71 Å². The van der Waals surface area contributed by atoms with Gasteiger partial charge in [-0.1, -0.05) is 43.7 Å². The largest absolute Gasteiger partial charge is 0.464 e. The SMILES string of the molecule is CCCCN=C(C(=O)OC)c1ccccc1. The van der Waals surface area contributed by atoms with Gasteiger partial charge in [0.05, 0.1) is 7.11 Å². The molecule has 1 aromatic carbocycles. The molecular formula is C13H17NO2. The maximum absolute atomic E-state index is 11.6. The summed E-state index contributed by atoms with van der Waals surface area (Å²) in [5.74, 6) is -0.373. The smallest absolute Gasteiger partial charge is 0.356 e. The number of nitrogens with zero attached hydrogens (tertiary/aromatic N) is 1. The van der Waals surface area contributed by atoms with Gasteiger partial charge in [-0.2, -0.15) is 0 Å². The minimum atomic E-state index is -0.373. The average Bonchev–Trinajstić information content (AvgIpc) is 2.35. The lowest BCUT2D eigenvalue weighted by Gasteiger charge is -2.04. The van der Waals surface area contributed by atoms with Crippen LogP contribution < -0.4 is 0 Å². The first kappa shape index (κ1) is 12.4. The summed E-state index contributed by atoms with van der Waals surface area (Å²) in [6.45, 7) is 2.76. The molecule has 0 heterocycles. The quantitative estimate of drug-likeness (QED) is 0.433. The predicted octanol–water partition coefficient (Wildman–Crippen LogP) is 2.45. The van der Waals surface area contributed by atoms with Crippen LogP contribution in [0.3, 0.4) is 0 Å². The Balaban J connectivity index is 2.88. The molecule has 1 aromatic rings. The van der Waals surface area contributed by atoms with Gasteiger partial charge in [-0.05, 0) is 6.42 Å². The van der Waals surface area contributed by atoms with E-state index in [4.69, 9.17) is 4.74 Å². The Labute approximate surface area is 96.2 Å². The number of aliphatic imine (C=N–C) groups is 1. The maximum atomic E-state index is 11.6. The molecule has 0 saturated heterocycles. The number of benzene rings is 1. The number of unbranched alkanes of at least 4 members (excludes halogenated alkanes) is 1. The third-order valence-electron chi connectivity index (χ3n) is 2.21. The molecular weight excluding hydrogens is 202 g/mol. The van der Waals surface area contributed by atoms with E-state index in [0.717, 1.165) is 18.4 Å². The zero-order valence-corrected chi connectivity index (χ0v) is 9.77. The van der Waals surface area contributed by atoms with Crippen LogP contribution >= 0.6 is 0 Å². The standard InChI is InChI=1S/C13H17NO2/c1-3-4-10-14-12(13(15)16-2)11-8-6-5-7-9-11/h5-9H,3-4,10H2,1-2H3. The summed E-state index contributed by atoms with van der Waals surface area (Å²) in [6, 6.07) is 9.40. The highest BCUT2D eigenvalue weighted by molar-refractivity contribution is 6.43. The molecule has 0 spiro atoms. The fourth-order valence-corrected chi connectivity index (χ4v) is 1.32. The third kappa shape index (κ3) is 3.50. The maximum Gasteiger partial charge on any atom is 0.356 e. The third-order valence-corrected chi connectivity index (χ3v) is 2.21. The first-order valence-electron chi connectivity index (χ1n) is 5.47. The fraction of sp³-hybridized carbons (Fsp3) is 0.385. The van der Waals surface area contributed by atoms with Crippen LogP contribution in [0, 0.1) is 0 Å². The van der Waals surface area contributed by atoms with Gasteiger partial charge in [0.15, 0.2) is 0 Å². The van der Waals surface area contributed by atoms with Gasteiger partial charge in [0, 0.05) is 12.1 Å². The molecule has 0 aliphatic carbocycles. The topological polar surface area (TPSA) is 38.7 Å². The van der Waals surface area contributed by atoms with Crippen LogP contribution in [0.5, 0.6) is 0 Å². The summed E-state index contributed by atoms with van der Waals surface area (Å²) in [6.07, 6.45) is 2.04. The molecule has 0 unspecified atom stereocenters. The number of hydrogen-bond donors (Lipinski definition) is 0. The van der Waals surface area contributed by atoms with E-state index in [1.54, 1.807) is 0 Å². The molecule has 0 fully saturated rings. The molecule has 0 amide bonds. The Morgan fingerprint density at radius 3 is 2.56 bits per heavy atom. The summed E-state index contributed by atoms with van der Waals surface area (Å²) in [4.78, 5) is 15.9. The Kier molecular flexibility index (Phi) is 5.26. The van der Waals surface area contributed by atoms with E-state index in [2.05, 4.69) is 11.9 Å². The van der Waals surface area contributed by atoms with Gasteiger partial charge in [0.2, 0.25) is 0 Å². The number of carbonyl (C=O) groups excluding carboxylic acids is 1. The fourth-order valence-electron chi connectivity index (χ4n) is 1.32. The number of methoxy groups -OCH3 is 1. The molecule has 0 bridgehead atoms. The zero-order valence-electron chi connectivity index (χ0n) is 9.77. The highest BCUT2D eigenvalue weighted by atomic mass is 16.5. The van der Waals surface area contributed by atoms with Crippen LogP contribution in [0.15, 0.2) is 35.3 Å². The van der Waals surface area contributed by atoms with Crippen LogP contribution in [0.1, 0.15) is 25.3 Å². The number of esters is 1. The molecule has 3 heteroatoms. The van der Waals surface area contributed by atoms with E-state index in [1.165, 1.54) is 7.11 Å². The second-order valence-electron chi connectivity index (χ2n) is 3.44. The molecule has 0 radical (unpaired) electrons. The van der Waals surface area contributed by atoms with E-state index in [0.29, 0.717) is 12.3 Å². The molecule has 0 N–H and O–H groups in total.